The molecule has 160 valence electrons. The van der Waals surface area contributed by atoms with Crippen LogP contribution in [0.4, 0.5) is 0 Å². The smallest absolute Gasteiger partial charge is 0.275 e. The molecular formula is C27H24N2O3. The molecule has 0 radical (unpaired) electrons. The van der Waals surface area contributed by atoms with Gasteiger partial charge in [-0.25, -0.2) is 5.43 Å². The number of nitrogens with one attached hydrogen (secondary N) is 1. The summed E-state index contributed by atoms with van der Waals surface area (Å²) in [7, 11) is 1.55. The Morgan fingerprint density at radius 3 is 2.34 bits per heavy atom. The normalized spacial score (nSPS) is 10.9. The topological polar surface area (TPSA) is 59.9 Å². The summed E-state index contributed by atoms with van der Waals surface area (Å²) < 4.78 is 11.4. The molecule has 0 aromatic heterocycles. The van der Waals surface area contributed by atoms with Gasteiger partial charge in [0.25, 0.3) is 5.91 Å². The molecule has 0 fully saturated rings. The van der Waals surface area contributed by atoms with Gasteiger partial charge in [-0.3, -0.25) is 4.79 Å². The van der Waals surface area contributed by atoms with E-state index in [9.17, 15) is 4.79 Å². The molecule has 0 spiro atoms. The van der Waals surface area contributed by atoms with Gasteiger partial charge < -0.3 is 9.47 Å². The number of para-hydroxylation sites is 1. The van der Waals surface area contributed by atoms with Crippen LogP contribution < -0.4 is 14.9 Å². The fourth-order valence-corrected chi connectivity index (χ4v) is 3.35. The second-order valence-corrected chi connectivity index (χ2v) is 7.41. The highest BCUT2D eigenvalue weighted by Gasteiger charge is 2.13. The van der Waals surface area contributed by atoms with E-state index in [1.807, 2.05) is 66.7 Å². The van der Waals surface area contributed by atoms with Crippen LogP contribution in [-0.4, -0.2) is 19.2 Å². The Labute approximate surface area is 187 Å². The third kappa shape index (κ3) is 4.95. The second-order valence-electron chi connectivity index (χ2n) is 7.41. The van der Waals surface area contributed by atoms with Gasteiger partial charge in [0.05, 0.1) is 18.9 Å². The minimum Gasteiger partial charge on any atom is -0.496 e. The Hall–Kier alpha value is -4.12. The summed E-state index contributed by atoms with van der Waals surface area (Å²) in [6.07, 6.45) is 1.58. The number of rotatable bonds is 7. The van der Waals surface area contributed by atoms with E-state index in [-0.39, 0.29) is 5.91 Å². The minimum absolute atomic E-state index is 0.345. The average molecular weight is 425 g/mol. The maximum Gasteiger partial charge on any atom is 0.275 e. The van der Waals surface area contributed by atoms with Crippen molar-refractivity contribution >= 4 is 22.9 Å². The molecule has 5 nitrogen and oxygen atoms in total. The van der Waals surface area contributed by atoms with E-state index in [4.69, 9.17) is 9.47 Å². The molecule has 0 heterocycles. The first kappa shape index (κ1) is 21.1. The Bertz CT molecular complexity index is 1260. The molecule has 4 aromatic rings. The summed E-state index contributed by atoms with van der Waals surface area (Å²) in [6.45, 7) is 2.50. The number of benzene rings is 4. The lowest BCUT2D eigenvalue weighted by molar-refractivity contribution is 0.0952. The van der Waals surface area contributed by atoms with Crippen molar-refractivity contribution in [3.8, 4) is 11.5 Å². The lowest BCUT2D eigenvalue weighted by Gasteiger charge is -2.10. The maximum absolute atomic E-state index is 12.7. The predicted molar refractivity (Wildman–Crippen MR) is 128 cm³/mol. The van der Waals surface area contributed by atoms with Gasteiger partial charge in [-0.2, -0.15) is 5.10 Å². The zero-order chi connectivity index (χ0) is 22.3. The van der Waals surface area contributed by atoms with Gasteiger partial charge in [0, 0.05) is 5.56 Å². The number of fused-ring (bicyclic) bond motifs is 1. The summed E-state index contributed by atoms with van der Waals surface area (Å²) in [5.74, 6) is 0.842. The number of ether oxygens (including phenoxy) is 2. The number of amides is 1. The minimum atomic E-state index is -0.345. The van der Waals surface area contributed by atoms with Gasteiger partial charge in [0.15, 0.2) is 0 Å². The van der Waals surface area contributed by atoms with Crippen molar-refractivity contribution in [2.24, 2.45) is 5.10 Å². The highest BCUT2D eigenvalue weighted by Crippen LogP contribution is 2.26. The van der Waals surface area contributed by atoms with Gasteiger partial charge in [0.2, 0.25) is 0 Å². The van der Waals surface area contributed by atoms with Crippen molar-refractivity contribution in [2.75, 3.05) is 7.11 Å². The van der Waals surface area contributed by atoms with Crippen molar-refractivity contribution < 1.29 is 14.3 Å². The van der Waals surface area contributed by atoms with Gasteiger partial charge >= 0.3 is 0 Å². The van der Waals surface area contributed by atoms with Crippen LogP contribution in [0.1, 0.15) is 27.0 Å². The van der Waals surface area contributed by atoms with E-state index in [1.54, 1.807) is 19.4 Å². The number of aryl methyl sites for hydroxylation is 1. The standard InChI is InChI=1S/C27H24N2O3/c1-19-11-13-20(14-12-19)18-32-25-10-6-5-9-23(25)17-28-29-27(30)24-15-21-7-3-4-8-22(21)16-26(24)31-2/h3-17H,18H2,1-2H3,(H,29,30)/b28-17-. The summed E-state index contributed by atoms with van der Waals surface area (Å²) in [5, 5.41) is 6.10. The third-order valence-electron chi connectivity index (χ3n) is 5.12. The molecule has 4 rings (SSSR count). The molecule has 0 aliphatic rings. The summed E-state index contributed by atoms with van der Waals surface area (Å²) in [5.41, 5.74) is 6.07. The van der Waals surface area contributed by atoms with E-state index in [2.05, 4.69) is 29.6 Å². The van der Waals surface area contributed by atoms with Crippen LogP contribution in [0.2, 0.25) is 0 Å². The molecule has 0 atom stereocenters. The summed E-state index contributed by atoms with van der Waals surface area (Å²) in [4.78, 5) is 12.7. The molecule has 0 saturated carbocycles. The van der Waals surface area contributed by atoms with Gasteiger partial charge in [-0.05, 0) is 47.5 Å². The number of nitrogens with zero attached hydrogens (tertiary/aromatic N) is 1. The number of methoxy groups -OCH3 is 1. The predicted octanol–water partition coefficient (Wildman–Crippen LogP) is 5.50. The highest BCUT2D eigenvalue weighted by molar-refractivity contribution is 6.02. The van der Waals surface area contributed by atoms with E-state index < -0.39 is 0 Å². The Morgan fingerprint density at radius 1 is 0.906 bits per heavy atom. The quantitative estimate of drug-likeness (QED) is 0.315. The van der Waals surface area contributed by atoms with E-state index in [0.29, 0.717) is 23.7 Å². The van der Waals surface area contributed by atoms with Crippen LogP contribution in [0.3, 0.4) is 0 Å². The number of hydrogen-bond donors (Lipinski definition) is 1. The molecular weight excluding hydrogens is 400 g/mol. The molecule has 0 saturated heterocycles. The van der Waals surface area contributed by atoms with Crippen molar-refractivity contribution in [3.63, 3.8) is 0 Å². The van der Waals surface area contributed by atoms with Crippen molar-refractivity contribution in [1.82, 2.24) is 5.43 Å². The lowest BCUT2D eigenvalue weighted by atomic mass is 10.1. The number of hydrazone groups is 1. The largest absolute Gasteiger partial charge is 0.496 e. The summed E-state index contributed by atoms with van der Waals surface area (Å²) in [6, 6.07) is 27.2. The number of carbonyl (C=O) groups excluding carboxylic acids is 1. The lowest BCUT2D eigenvalue weighted by Crippen LogP contribution is -2.18. The van der Waals surface area contributed by atoms with Crippen molar-refractivity contribution in [1.29, 1.82) is 0 Å². The molecule has 0 aliphatic carbocycles. The first-order valence-corrected chi connectivity index (χ1v) is 10.3. The van der Waals surface area contributed by atoms with Crippen LogP contribution in [0.25, 0.3) is 10.8 Å². The first-order chi connectivity index (χ1) is 15.6. The molecule has 5 heteroatoms. The Balaban J connectivity index is 1.47. The van der Waals surface area contributed by atoms with Crippen LogP contribution in [0.5, 0.6) is 11.5 Å². The average Bonchev–Trinajstić information content (AvgIpc) is 2.83. The molecule has 0 aliphatic heterocycles. The first-order valence-electron chi connectivity index (χ1n) is 10.3. The van der Waals surface area contributed by atoms with Crippen LogP contribution in [0, 0.1) is 6.92 Å². The second kappa shape index (κ2) is 9.79. The molecule has 0 bridgehead atoms. The van der Waals surface area contributed by atoms with Crippen LogP contribution >= 0.6 is 0 Å². The Morgan fingerprint density at radius 2 is 1.59 bits per heavy atom. The molecule has 4 aromatic carbocycles. The van der Waals surface area contributed by atoms with Gasteiger partial charge in [-0.1, -0.05) is 66.2 Å². The zero-order valence-corrected chi connectivity index (χ0v) is 18.0. The van der Waals surface area contributed by atoms with Crippen LogP contribution in [0.15, 0.2) is 90.0 Å². The molecule has 0 unspecified atom stereocenters. The maximum atomic E-state index is 12.7. The fourth-order valence-electron chi connectivity index (χ4n) is 3.35. The van der Waals surface area contributed by atoms with Gasteiger partial charge in [-0.15, -0.1) is 0 Å². The number of carbonyl (C=O) groups is 1. The highest BCUT2D eigenvalue weighted by atomic mass is 16.5. The Kier molecular flexibility index (Phi) is 6.46. The summed E-state index contributed by atoms with van der Waals surface area (Å²) >= 11 is 0. The third-order valence-corrected chi connectivity index (χ3v) is 5.12. The SMILES string of the molecule is COc1cc2ccccc2cc1C(=O)N/N=C\c1ccccc1OCc1ccc(C)cc1. The molecule has 1 N–H and O–H groups in total. The zero-order valence-electron chi connectivity index (χ0n) is 18.0. The van der Waals surface area contributed by atoms with E-state index >= 15 is 0 Å². The van der Waals surface area contributed by atoms with Crippen molar-refractivity contribution in [3.05, 3.63) is 107 Å². The monoisotopic (exact) mass is 424 g/mol. The fraction of sp³-hybridized carbons (Fsp3) is 0.111. The molecule has 32 heavy (non-hydrogen) atoms. The van der Waals surface area contributed by atoms with E-state index in [1.165, 1.54) is 5.56 Å². The number of hydrogen-bond acceptors (Lipinski definition) is 4. The van der Waals surface area contributed by atoms with Gasteiger partial charge in [0.1, 0.15) is 18.1 Å². The molecule has 1 amide bonds. The van der Waals surface area contributed by atoms with Crippen molar-refractivity contribution in [2.45, 2.75) is 13.5 Å². The van der Waals surface area contributed by atoms with E-state index in [0.717, 1.165) is 21.9 Å². The van der Waals surface area contributed by atoms with Crippen LogP contribution in [-0.2, 0) is 6.61 Å².